The molecule has 4 nitrogen and oxygen atoms in total. The van der Waals surface area contributed by atoms with Gasteiger partial charge < -0.3 is 10.2 Å². The maximum absolute atomic E-state index is 11.1. The largest absolute Gasteiger partial charge is 0.478 e. The van der Waals surface area contributed by atoms with Gasteiger partial charge in [0.25, 0.3) is 0 Å². The molecule has 0 atom stereocenters. The number of hydrogen-bond donors (Lipinski definition) is 2. The quantitative estimate of drug-likeness (QED) is 0.780. The summed E-state index contributed by atoms with van der Waals surface area (Å²) < 4.78 is 0. The number of carbonyl (C=O) groups is 2. The lowest BCUT2D eigenvalue weighted by Crippen LogP contribution is -2.00. The van der Waals surface area contributed by atoms with Crippen LogP contribution in [0.25, 0.3) is 24.3 Å². The lowest BCUT2D eigenvalue weighted by molar-refractivity contribution is -0.133. The Morgan fingerprint density at radius 2 is 1.36 bits per heavy atom. The van der Waals surface area contributed by atoms with E-state index >= 15 is 0 Å². The topological polar surface area (TPSA) is 74.6 Å². The van der Waals surface area contributed by atoms with Gasteiger partial charge in [0.1, 0.15) is 0 Å². The minimum absolute atomic E-state index is 0.145. The second-order valence-corrected chi connectivity index (χ2v) is 4.74. The fourth-order valence-electron chi connectivity index (χ4n) is 1.94. The summed E-state index contributed by atoms with van der Waals surface area (Å²) in [5, 5.41) is 18.1. The van der Waals surface area contributed by atoms with E-state index in [1.807, 2.05) is 0 Å². The lowest BCUT2D eigenvalue weighted by atomic mass is 9.93. The molecule has 0 heterocycles. The minimum atomic E-state index is -1.04. The summed E-state index contributed by atoms with van der Waals surface area (Å²) in [4.78, 5) is 22.1. The Hall–Kier alpha value is -2.88. The molecule has 0 aliphatic carbocycles. The highest BCUT2D eigenvalue weighted by molar-refractivity contribution is 5.96. The molecule has 0 radical (unpaired) electrons. The van der Waals surface area contributed by atoms with E-state index in [1.165, 1.54) is 26.0 Å². The molecule has 0 unspecified atom stereocenters. The van der Waals surface area contributed by atoms with E-state index in [0.717, 1.165) is 5.56 Å². The van der Waals surface area contributed by atoms with Gasteiger partial charge in [-0.1, -0.05) is 37.4 Å². The van der Waals surface area contributed by atoms with Gasteiger partial charge in [-0.15, -0.1) is 0 Å². The molecule has 1 rings (SSSR count). The molecular weight excluding hydrogens is 280 g/mol. The van der Waals surface area contributed by atoms with E-state index < -0.39 is 11.9 Å². The summed E-state index contributed by atoms with van der Waals surface area (Å²) in [6.45, 7) is 10.4. The van der Waals surface area contributed by atoms with Crippen LogP contribution >= 0.6 is 0 Å². The molecule has 1 aromatic carbocycles. The van der Waals surface area contributed by atoms with Gasteiger partial charge in [0, 0.05) is 11.1 Å². The van der Waals surface area contributed by atoms with Crippen LogP contribution in [0.2, 0.25) is 0 Å². The number of carboxylic acid groups (broad SMARTS) is 2. The zero-order chi connectivity index (χ0) is 16.9. The van der Waals surface area contributed by atoms with Crippen LogP contribution in [0.5, 0.6) is 0 Å². The van der Waals surface area contributed by atoms with Crippen molar-refractivity contribution in [2.24, 2.45) is 0 Å². The number of benzene rings is 1. The molecule has 0 aliphatic heterocycles. The van der Waals surface area contributed by atoms with Crippen molar-refractivity contribution in [3.05, 3.63) is 58.7 Å². The molecule has 1 aromatic rings. The number of aliphatic carboxylic acids is 2. The van der Waals surface area contributed by atoms with Crippen LogP contribution in [-0.2, 0) is 9.59 Å². The summed E-state index contributed by atoms with van der Waals surface area (Å²) in [6.07, 6.45) is 6.25. The van der Waals surface area contributed by atoms with Gasteiger partial charge in [0.2, 0.25) is 0 Å². The van der Waals surface area contributed by atoms with Gasteiger partial charge in [-0.3, -0.25) is 0 Å². The molecule has 0 saturated carbocycles. The summed E-state index contributed by atoms with van der Waals surface area (Å²) >= 11 is 0. The van der Waals surface area contributed by atoms with Crippen LogP contribution in [0.4, 0.5) is 0 Å². The van der Waals surface area contributed by atoms with Crippen LogP contribution < -0.4 is 0 Å². The Bertz CT molecular complexity index is 706. The number of rotatable bonds is 6. The second-order valence-electron chi connectivity index (χ2n) is 4.74. The van der Waals surface area contributed by atoms with Crippen LogP contribution in [0.1, 0.15) is 36.1 Å². The third kappa shape index (κ3) is 3.82. The molecular formula is C18H18O4. The fraction of sp³-hybridized carbons (Fsp3) is 0.111. The SMILES string of the molecule is C=Cc1ccc(C=C(C)C(=O)O)c(C=C(C)C(=O)O)c1C=C. The Morgan fingerprint density at radius 3 is 1.82 bits per heavy atom. The zero-order valence-electron chi connectivity index (χ0n) is 12.6. The molecule has 22 heavy (non-hydrogen) atoms. The van der Waals surface area contributed by atoms with Gasteiger partial charge in [0.05, 0.1) is 0 Å². The maximum Gasteiger partial charge on any atom is 0.331 e. The third-order valence-corrected chi connectivity index (χ3v) is 3.19. The monoisotopic (exact) mass is 298 g/mol. The molecule has 0 fully saturated rings. The molecule has 0 aromatic heterocycles. The Labute approximate surface area is 129 Å². The highest BCUT2D eigenvalue weighted by atomic mass is 16.4. The van der Waals surface area contributed by atoms with Crippen molar-refractivity contribution < 1.29 is 19.8 Å². The first-order valence-electron chi connectivity index (χ1n) is 6.56. The van der Waals surface area contributed by atoms with Crippen LogP contribution in [0.15, 0.2) is 36.4 Å². The molecule has 0 bridgehead atoms. The number of carboxylic acids is 2. The zero-order valence-corrected chi connectivity index (χ0v) is 12.6. The van der Waals surface area contributed by atoms with E-state index in [-0.39, 0.29) is 11.1 Å². The average Bonchev–Trinajstić information content (AvgIpc) is 2.47. The van der Waals surface area contributed by atoms with Crippen molar-refractivity contribution in [1.29, 1.82) is 0 Å². The van der Waals surface area contributed by atoms with Crippen LogP contribution in [-0.4, -0.2) is 22.2 Å². The lowest BCUT2D eigenvalue weighted by Gasteiger charge is -2.11. The van der Waals surface area contributed by atoms with Crippen LogP contribution in [0, 0.1) is 0 Å². The molecule has 0 aliphatic rings. The maximum atomic E-state index is 11.1. The van der Waals surface area contributed by atoms with Gasteiger partial charge in [-0.25, -0.2) is 9.59 Å². The van der Waals surface area contributed by atoms with Crippen molar-refractivity contribution in [2.75, 3.05) is 0 Å². The smallest absolute Gasteiger partial charge is 0.331 e. The first kappa shape index (κ1) is 17.2. The normalized spacial score (nSPS) is 11.9. The summed E-state index contributed by atoms with van der Waals surface area (Å²) in [7, 11) is 0. The Morgan fingerprint density at radius 1 is 0.864 bits per heavy atom. The molecule has 2 N–H and O–H groups in total. The van der Waals surface area contributed by atoms with E-state index in [1.54, 1.807) is 24.3 Å². The van der Waals surface area contributed by atoms with Crippen molar-refractivity contribution in [3.8, 4) is 0 Å². The van der Waals surface area contributed by atoms with Crippen molar-refractivity contribution >= 4 is 36.2 Å². The molecule has 0 saturated heterocycles. The van der Waals surface area contributed by atoms with Gasteiger partial charge >= 0.3 is 11.9 Å². The molecule has 0 spiro atoms. The van der Waals surface area contributed by atoms with Crippen LogP contribution in [0.3, 0.4) is 0 Å². The van der Waals surface area contributed by atoms with E-state index in [2.05, 4.69) is 13.2 Å². The summed E-state index contributed by atoms with van der Waals surface area (Å²) in [6, 6.07) is 3.52. The first-order valence-corrected chi connectivity index (χ1v) is 6.56. The molecule has 0 amide bonds. The van der Waals surface area contributed by atoms with E-state index in [4.69, 9.17) is 10.2 Å². The molecule has 4 heteroatoms. The summed E-state index contributed by atoms with van der Waals surface area (Å²) in [5.74, 6) is -2.07. The standard InChI is InChI=1S/C18H18O4/c1-5-13-7-8-14(9-11(3)17(19)20)16(15(13)6-2)10-12(4)18(21)22/h5-10H,1-2H2,3-4H3,(H,19,20)(H,21,22). The highest BCUT2D eigenvalue weighted by Crippen LogP contribution is 2.26. The highest BCUT2D eigenvalue weighted by Gasteiger charge is 2.11. The average molecular weight is 298 g/mol. The van der Waals surface area contributed by atoms with Crippen molar-refractivity contribution in [1.82, 2.24) is 0 Å². The van der Waals surface area contributed by atoms with Crippen molar-refractivity contribution in [3.63, 3.8) is 0 Å². The fourth-order valence-corrected chi connectivity index (χ4v) is 1.94. The minimum Gasteiger partial charge on any atom is -0.478 e. The van der Waals surface area contributed by atoms with Crippen molar-refractivity contribution in [2.45, 2.75) is 13.8 Å². The first-order chi connectivity index (χ1) is 10.3. The third-order valence-electron chi connectivity index (χ3n) is 3.19. The van der Waals surface area contributed by atoms with Gasteiger partial charge in [-0.2, -0.15) is 0 Å². The number of hydrogen-bond acceptors (Lipinski definition) is 2. The Kier molecular flexibility index (Phi) is 5.64. The second kappa shape index (κ2) is 7.22. The van der Waals surface area contributed by atoms with Gasteiger partial charge in [-0.05, 0) is 48.3 Å². The molecule has 114 valence electrons. The predicted molar refractivity (Wildman–Crippen MR) is 89.2 cm³/mol. The van der Waals surface area contributed by atoms with E-state index in [0.29, 0.717) is 16.7 Å². The van der Waals surface area contributed by atoms with E-state index in [9.17, 15) is 9.59 Å². The summed E-state index contributed by atoms with van der Waals surface area (Å²) in [5.41, 5.74) is 3.02. The Balaban J connectivity index is 3.71. The van der Waals surface area contributed by atoms with Gasteiger partial charge in [0.15, 0.2) is 0 Å². The predicted octanol–water partition coefficient (Wildman–Crippen LogP) is 3.95.